The number of amidine groups is 1. The minimum Gasteiger partial charge on any atom is -0.463 e. The van der Waals surface area contributed by atoms with Crippen molar-refractivity contribution in [1.82, 2.24) is 0 Å². The number of nitrogens with zero attached hydrogens (tertiary/aromatic N) is 1. The molecule has 1 aliphatic rings. The van der Waals surface area contributed by atoms with Gasteiger partial charge in [-0.25, -0.2) is 4.99 Å². The average Bonchev–Trinajstić information content (AvgIpc) is 2.31. The number of hydrogen-bond donors (Lipinski definition) is 1. The van der Waals surface area contributed by atoms with Gasteiger partial charge in [-0.15, -0.1) is 0 Å². The number of hydrogen-bond acceptors (Lipinski definition) is 3. The summed E-state index contributed by atoms with van der Waals surface area (Å²) in [4.78, 5) is 4.13. The molecule has 0 spiro atoms. The van der Waals surface area contributed by atoms with Gasteiger partial charge in [0.05, 0.1) is 6.04 Å². The molecule has 0 aromatic carbocycles. The van der Waals surface area contributed by atoms with Gasteiger partial charge < -0.3 is 10.5 Å². The van der Waals surface area contributed by atoms with E-state index in [1.807, 2.05) is 0 Å². The van der Waals surface area contributed by atoms with E-state index < -0.39 is 0 Å². The second-order valence-corrected chi connectivity index (χ2v) is 3.40. The summed E-state index contributed by atoms with van der Waals surface area (Å²) in [6.07, 6.45) is 2.29. The van der Waals surface area contributed by atoms with Crippen molar-refractivity contribution >= 4 is 6.02 Å². The molecule has 3 heteroatoms. The molecule has 1 rings (SSSR count). The van der Waals surface area contributed by atoms with Gasteiger partial charge in [-0.05, 0) is 18.8 Å². The Bertz CT molecular complexity index is 154. The molecule has 0 aromatic heterocycles. The van der Waals surface area contributed by atoms with Gasteiger partial charge in [0.15, 0.2) is 0 Å². The fraction of sp³-hybridized carbons (Fsp3) is 0.875. The zero-order valence-electron chi connectivity index (χ0n) is 7.21. The lowest BCUT2D eigenvalue weighted by molar-refractivity contribution is 0.302. The van der Waals surface area contributed by atoms with E-state index in [0.717, 1.165) is 12.3 Å². The van der Waals surface area contributed by atoms with Gasteiger partial charge in [0, 0.05) is 0 Å². The lowest BCUT2D eigenvalue weighted by atomic mass is 10.0. The fourth-order valence-electron chi connectivity index (χ4n) is 1.11. The molecule has 0 saturated heterocycles. The molecule has 64 valence electrons. The zero-order chi connectivity index (χ0) is 8.27. The Balaban J connectivity index is 2.18. The fourth-order valence-corrected chi connectivity index (χ4v) is 1.11. The van der Waals surface area contributed by atoms with E-state index >= 15 is 0 Å². The van der Waals surface area contributed by atoms with Crippen LogP contribution in [-0.4, -0.2) is 18.7 Å². The van der Waals surface area contributed by atoms with Gasteiger partial charge in [-0.2, -0.15) is 0 Å². The van der Waals surface area contributed by atoms with E-state index in [-0.39, 0.29) is 0 Å². The predicted octanol–water partition coefficient (Wildman–Crippen LogP) is 1.14. The molecular weight excluding hydrogens is 140 g/mol. The molecule has 0 aromatic rings. The molecule has 1 unspecified atom stereocenters. The Morgan fingerprint density at radius 2 is 2.45 bits per heavy atom. The van der Waals surface area contributed by atoms with E-state index in [4.69, 9.17) is 10.5 Å². The number of aliphatic imine (C=N–C) groups is 1. The van der Waals surface area contributed by atoms with Crippen LogP contribution in [0.5, 0.6) is 0 Å². The predicted molar refractivity (Wildman–Crippen MR) is 45.4 cm³/mol. The lowest BCUT2D eigenvalue weighted by Crippen LogP contribution is -2.10. The van der Waals surface area contributed by atoms with Crippen LogP contribution in [0.15, 0.2) is 4.99 Å². The first kappa shape index (κ1) is 8.37. The number of ether oxygens (including phenoxy) is 1. The second kappa shape index (κ2) is 3.60. The molecule has 0 fully saturated rings. The van der Waals surface area contributed by atoms with Crippen LogP contribution < -0.4 is 5.73 Å². The topological polar surface area (TPSA) is 47.6 Å². The van der Waals surface area contributed by atoms with Crippen molar-refractivity contribution < 1.29 is 4.74 Å². The summed E-state index contributed by atoms with van der Waals surface area (Å²) in [6.45, 7) is 5.10. The first-order chi connectivity index (χ1) is 5.18. The Hall–Kier alpha value is -0.730. The molecule has 11 heavy (non-hydrogen) atoms. The van der Waals surface area contributed by atoms with E-state index in [1.165, 1.54) is 6.42 Å². The van der Waals surface area contributed by atoms with Crippen LogP contribution in [0.3, 0.4) is 0 Å². The third-order valence-corrected chi connectivity index (χ3v) is 1.81. The second-order valence-electron chi connectivity index (χ2n) is 3.40. The molecule has 0 radical (unpaired) electrons. The van der Waals surface area contributed by atoms with Crippen LogP contribution in [-0.2, 0) is 4.74 Å². The van der Waals surface area contributed by atoms with Gasteiger partial charge in [0.25, 0.3) is 6.02 Å². The first-order valence-electron chi connectivity index (χ1n) is 4.14. The minimum absolute atomic E-state index is 0.317. The summed E-state index contributed by atoms with van der Waals surface area (Å²) >= 11 is 0. The summed E-state index contributed by atoms with van der Waals surface area (Å²) in [5.41, 5.74) is 5.36. The Morgan fingerprint density at radius 3 is 2.91 bits per heavy atom. The Kier molecular flexibility index (Phi) is 2.74. The van der Waals surface area contributed by atoms with Crippen LogP contribution in [0.25, 0.3) is 0 Å². The summed E-state index contributed by atoms with van der Waals surface area (Å²) in [5, 5.41) is 0. The highest BCUT2D eigenvalue weighted by Crippen LogP contribution is 2.12. The highest BCUT2D eigenvalue weighted by molar-refractivity contribution is 5.72. The molecule has 0 bridgehead atoms. The summed E-state index contributed by atoms with van der Waals surface area (Å²) in [5.74, 6) is 0.743. The first-order valence-corrected chi connectivity index (χ1v) is 4.14. The third kappa shape index (κ3) is 2.78. The highest BCUT2D eigenvalue weighted by Gasteiger charge is 2.16. The smallest absolute Gasteiger partial charge is 0.282 e. The van der Waals surface area contributed by atoms with E-state index in [0.29, 0.717) is 18.7 Å². The maximum atomic E-state index is 5.36. The van der Waals surface area contributed by atoms with Gasteiger partial charge in [-0.1, -0.05) is 13.8 Å². The van der Waals surface area contributed by atoms with Crippen LogP contribution in [0.1, 0.15) is 26.7 Å². The molecule has 0 aliphatic carbocycles. The maximum absolute atomic E-state index is 5.36. The largest absolute Gasteiger partial charge is 0.463 e. The molecule has 3 nitrogen and oxygen atoms in total. The van der Waals surface area contributed by atoms with Crippen molar-refractivity contribution in [2.24, 2.45) is 16.6 Å². The van der Waals surface area contributed by atoms with Crippen molar-refractivity contribution in [3.05, 3.63) is 0 Å². The summed E-state index contributed by atoms with van der Waals surface area (Å²) in [7, 11) is 0. The van der Waals surface area contributed by atoms with E-state index in [2.05, 4.69) is 18.8 Å². The van der Waals surface area contributed by atoms with Crippen LogP contribution >= 0.6 is 0 Å². The monoisotopic (exact) mass is 156 g/mol. The van der Waals surface area contributed by atoms with Gasteiger partial charge in [0.2, 0.25) is 0 Å². The molecular formula is C8H16N2O. The standard InChI is InChI=1S/C8H16N2O/c1-6(2)3-4-7-5-11-8(9)10-7/h6-7H,3-5H2,1-2H3,(H2,9,10). The van der Waals surface area contributed by atoms with Crippen molar-refractivity contribution in [3.8, 4) is 0 Å². The van der Waals surface area contributed by atoms with E-state index in [1.54, 1.807) is 0 Å². The summed E-state index contributed by atoms with van der Waals surface area (Å²) < 4.78 is 5.03. The highest BCUT2D eigenvalue weighted by atomic mass is 16.5. The normalized spacial score (nSPS) is 23.5. The van der Waals surface area contributed by atoms with Crippen LogP contribution in [0, 0.1) is 5.92 Å². The third-order valence-electron chi connectivity index (χ3n) is 1.81. The molecule has 1 heterocycles. The Morgan fingerprint density at radius 1 is 1.73 bits per heavy atom. The number of nitrogens with two attached hydrogens (primary N) is 1. The summed E-state index contributed by atoms with van der Waals surface area (Å²) in [6, 6.07) is 0.677. The van der Waals surface area contributed by atoms with Gasteiger partial charge >= 0.3 is 0 Å². The van der Waals surface area contributed by atoms with E-state index in [9.17, 15) is 0 Å². The lowest BCUT2D eigenvalue weighted by Gasteiger charge is -2.06. The van der Waals surface area contributed by atoms with Crippen LogP contribution in [0.4, 0.5) is 0 Å². The maximum Gasteiger partial charge on any atom is 0.282 e. The average molecular weight is 156 g/mol. The minimum atomic E-state index is 0.317. The molecule has 1 aliphatic heterocycles. The van der Waals surface area contributed by atoms with Crippen LogP contribution in [0.2, 0.25) is 0 Å². The van der Waals surface area contributed by atoms with Gasteiger partial charge in [0.1, 0.15) is 6.61 Å². The molecule has 0 saturated carbocycles. The van der Waals surface area contributed by atoms with Crippen molar-refractivity contribution in [3.63, 3.8) is 0 Å². The van der Waals surface area contributed by atoms with Crippen molar-refractivity contribution in [2.75, 3.05) is 6.61 Å². The zero-order valence-corrected chi connectivity index (χ0v) is 7.21. The van der Waals surface area contributed by atoms with Crippen molar-refractivity contribution in [1.29, 1.82) is 0 Å². The SMILES string of the molecule is CC(C)CCC1COC(N)=N1. The van der Waals surface area contributed by atoms with Gasteiger partial charge in [-0.3, -0.25) is 0 Å². The Labute approximate surface area is 67.6 Å². The molecule has 2 N–H and O–H groups in total. The quantitative estimate of drug-likeness (QED) is 0.666. The molecule has 1 atom stereocenters. The number of rotatable bonds is 3. The van der Waals surface area contributed by atoms with Crippen molar-refractivity contribution in [2.45, 2.75) is 32.7 Å². The molecule has 0 amide bonds.